The Labute approximate surface area is 119 Å². The summed E-state index contributed by atoms with van der Waals surface area (Å²) in [5.74, 6) is -4.25. The van der Waals surface area contributed by atoms with Gasteiger partial charge in [0.2, 0.25) is 5.91 Å². The molecule has 2 atom stereocenters. The summed E-state index contributed by atoms with van der Waals surface area (Å²) in [4.78, 5) is 56.6. The van der Waals surface area contributed by atoms with E-state index in [0.29, 0.717) is 4.90 Å². The molecule has 10 heteroatoms. The van der Waals surface area contributed by atoms with Crippen molar-refractivity contribution in [2.24, 2.45) is 5.92 Å². The number of carboxylic acids is 1. The molecule has 0 bridgehead atoms. The summed E-state index contributed by atoms with van der Waals surface area (Å²) >= 11 is 0. The van der Waals surface area contributed by atoms with Crippen molar-refractivity contribution in [3.63, 3.8) is 0 Å². The highest BCUT2D eigenvalue weighted by molar-refractivity contribution is 6.07. The molecule has 0 spiro atoms. The van der Waals surface area contributed by atoms with E-state index in [-0.39, 0.29) is 6.54 Å². The number of carboxylic acid groups (broad SMARTS) is 1. The number of rotatable bonds is 7. The standard InChI is InChI=1S/C11H15N3O7/c1-5(10(19)20)3-12-7(15)4-14-9(18)6(2-8(16)17)13-11(14)21/h5-6H,2-4H2,1H3,(H,12,15)(H,13,21)(H,16,17)(H,19,20)/p+1/t5-,6-/m0/s1. The molecule has 1 heterocycles. The Kier molecular flexibility index (Phi) is 5.22. The summed E-state index contributed by atoms with van der Waals surface area (Å²) in [5.41, 5.74) is 0. The van der Waals surface area contributed by atoms with Gasteiger partial charge in [0.25, 0.3) is 5.91 Å². The quantitative estimate of drug-likeness (QED) is 0.345. The zero-order valence-corrected chi connectivity index (χ0v) is 11.2. The van der Waals surface area contributed by atoms with E-state index in [1.807, 2.05) is 0 Å². The summed E-state index contributed by atoms with van der Waals surface area (Å²) in [6.45, 7) is 0.801. The van der Waals surface area contributed by atoms with Gasteiger partial charge in [-0.15, -0.1) is 0 Å². The minimum Gasteiger partial charge on any atom is -0.564 e. The summed E-state index contributed by atoms with van der Waals surface area (Å²) in [6.07, 6.45) is -0.562. The van der Waals surface area contributed by atoms with Crippen LogP contribution in [-0.4, -0.2) is 64.0 Å². The molecule has 10 nitrogen and oxygen atoms in total. The highest BCUT2D eigenvalue weighted by atomic mass is 16.4. The molecule has 1 saturated heterocycles. The van der Waals surface area contributed by atoms with Crippen LogP contribution >= 0.6 is 0 Å². The van der Waals surface area contributed by atoms with Crippen LogP contribution in [0, 0.1) is 5.92 Å². The molecular weight excluding hydrogens is 286 g/mol. The Morgan fingerprint density at radius 1 is 1.43 bits per heavy atom. The van der Waals surface area contributed by atoms with Crippen LogP contribution in [0.1, 0.15) is 13.3 Å². The molecule has 1 rings (SSSR count). The Bertz CT molecular complexity index is 490. The van der Waals surface area contributed by atoms with Gasteiger partial charge in [0.15, 0.2) is 0 Å². The normalized spacial score (nSPS) is 19.1. The van der Waals surface area contributed by atoms with E-state index in [2.05, 4.69) is 10.6 Å². The van der Waals surface area contributed by atoms with Crippen molar-refractivity contribution in [3.05, 3.63) is 0 Å². The number of aliphatic carboxylic acids is 1. The number of hydrogen-bond acceptors (Lipinski definition) is 5. The molecule has 5 N–H and O–H groups in total. The lowest BCUT2D eigenvalue weighted by atomic mass is 10.2. The molecule has 4 amide bonds. The lowest BCUT2D eigenvalue weighted by Crippen LogP contribution is -2.42. The van der Waals surface area contributed by atoms with Gasteiger partial charge in [0, 0.05) is 11.3 Å². The van der Waals surface area contributed by atoms with Crippen LogP contribution in [0.3, 0.4) is 0 Å². The fraction of sp³-hybridized carbons (Fsp3) is 0.545. The number of amides is 4. The Balaban J connectivity index is 2.52. The largest absolute Gasteiger partial charge is 0.564 e. The van der Waals surface area contributed by atoms with Crippen molar-refractivity contribution < 1.29 is 34.2 Å². The predicted molar refractivity (Wildman–Crippen MR) is 67.1 cm³/mol. The lowest BCUT2D eigenvalue weighted by molar-refractivity contribution is -0.141. The molecule has 0 aromatic heterocycles. The topological polar surface area (TPSA) is 156 Å². The Hall–Kier alpha value is -2.65. The molecule has 0 aromatic carbocycles. The van der Waals surface area contributed by atoms with Gasteiger partial charge >= 0.3 is 18.0 Å². The van der Waals surface area contributed by atoms with Gasteiger partial charge in [-0.25, -0.2) is 4.79 Å². The van der Waals surface area contributed by atoms with Gasteiger partial charge < -0.3 is 20.8 Å². The third-order valence-corrected chi connectivity index (χ3v) is 2.84. The van der Waals surface area contributed by atoms with Crippen LogP contribution in [0.5, 0.6) is 0 Å². The van der Waals surface area contributed by atoms with E-state index in [1.54, 1.807) is 0 Å². The third kappa shape index (κ3) is 4.44. The average molecular weight is 302 g/mol. The maximum Gasteiger partial charge on any atom is 0.520 e. The number of urea groups is 1. The monoisotopic (exact) mass is 302 g/mol. The first kappa shape index (κ1) is 16.4. The van der Waals surface area contributed by atoms with Gasteiger partial charge in [-0.2, -0.15) is 0 Å². The van der Waals surface area contributed by atoms with Crippen LogP contribution in [0.15, 0.2) is 0 Å². The average Bonchev–Trinajstić information content (AvgIpc) is 2.62. The first-order chi connectivity index (χ1) is 9.72. The summed E-state index contributed by atoms with van der Waals surface area (Å²) < 4.78 is 0. The SMILES string of the molecule is C[C@@H](CNC(=O)CN1C(=O)N[C@@H](CC(=O)O)C1=O)C(=O)[OH2+]. The highest BCUT2D eigenvalue weighted by Gasteiger charge is 2.40. The van der Waals surface area contributed by atoms with E-state index in [1.165, 1.54) is 6.92 Å². The van der Waals surface area contributed by atoms with Crippen LogP contribution in [0.2, 0.25) is 0 Å². The van der Waals surface area contributed by atoms with E-state index in [9.17, 15) is 24.0 Å². The zero-order chi connectivity index (χ0) is 16.2. The van der Waals surface area contributed by atoms with Crippen LogP contribution in [0.4, 0.5) is 4.79 Å². The van der Waals surface area contributed by atoms with Gasteiger partial charge in [0.1, 0.15) is 18.5 Å². The molecule has 1 aliphatic heterocycles. The van der Waals surface area contributed by atoms with Crippen LogP contribution in [-0.2, 0) is 19.2 Å². The van der Waals surface area contributed by atoms with E-state index in [0.717, 1.165) is 0 Å². The van der Waals surface area contributed by atoms with Crippen molar-refractivity contribution in [1.82, 2.24) is 15.5 Å². The van der Waals surface area contributed by atoms with Crippen LogP contribution < -0.4 is 10.6 Å². The molecule has 0 radical (unpaired) electrons. The van der Waals surface area contributed by atoms with Crippen molar-refractivity contribution in [2.45, 2.75) is 19.4 Å². The molecule has 0 aromatic rings. The molecule has 0 aliphatic carbocycles. The second kappa shape index (κ2) is 6.68. The maximum absolute atomic E-state index is 11.7. The van der Waals surface area contributed by atoms with Gasteiger partial charge in [0.05, 0.1) is 6.42 Å². The summed E-state index contributed by atoms with van der Waals surface area (Å²) in [7, 11) is 0. The first-order valence-electron chi connectivity index (χ1n) is 6.08. The fourth-order valence-corrected chi connectivity index (χ4v) is 1.60. The molecule has 0 saturated carbocycles. The van der Waals surface area contributed by atoms with E-state index in [4.69, 9.17) is 10.2 Å². The molecule has 21 heavy (non-hydrogen) atoms. The second-order valence-corrected chi connectivity index (χ2v) is 4.59. The van der Waals surface area contributed by atoms with Crippen molar-refractivity contribution in [3.8, 4) is 0 Å². The van der Waals surface area contributed by atoms with E-state index >= 15 is 0 Å². The maximum atomic E-state index is 11.7. The fourth-order valence-electron chi connectivity index (χ4n) is 1.60. The Morgan fingerprint density at radius 2 is 2.05 bits per heavy atom. The number of hydrogen-bond donors (Lipinski definition) is 3. The minimum absolute atomic E-state index is 0.0800. The second-order valence-electron chi connectivity index (χ2n) is 4.59. The zero-order valence-electron chi connectivity index (χ0n) is 11.2. The van der Waals surface area contributed by atoms with Gasteiger partial charge in [-0.05, 0) is 6.92 Å². The van der Waals surface area contributed by atoms with Crippen molar-refractivity contribution in [1.29, 1.82) is 0 Å². The van der Waals surface area contributed by atoms with Gasteiger partial charge in [-0.3, -0.25) is 19.3 Å². The molecular formula is C11H16N3O7+. The lowest BCUT2D eigenvalue weighted by Gasteiger charge is -2.13. The van der Waals surface area contributed by atoms with Gasteiger partial charge in [-0.1, -0.05) is 0 Å². The number of imide groups is 1. The third-order valence-electron chi connectivity index (χ3n) is 2.84. The number of carbonyl (C=O) groups is 5. The summed E-state index contributed by atoms with van der Waals surface area (Å²) in [5, 5.41) is 19.9. The van der Waals surface area contributed by atoms with Crippen molar-refractivity contribution >= 4 is 29.8 Å². The summed E-state index contributed by atoms with van der Waals surface area (Å²) in [6, 6.07) is -2.03. The molecule has 0 unspecified atom stereocenters. The van der Waals surface area contributed by atoms with Crippen LogP contribution in [0.25, 0.3) is 0 Å². The molecule has 1 fully saturated rings. The Morgan fingerprint density at radius 3 is 2.57 bits per heavy atom. The van der Waals surface area contributed by atoms with Crippen molar-refractivity contribution in [2.75, 3.05) is 13.1 Å². The molecule has 116 valence electrons. The minimum atomic E-state index is -1.25. The predicted octanol–water partition coefficient (Wildman–Crippen LogP) is -2.61. The number of carbonyl (C=O) groups excluding carboxylic acids is 4. The number of nitrogens with zero attached hydrogens (tertiary/aromatic N) is 1. The number of nitrogens with one attached hydrogen (secondary N) is 2. The highest BCUT2D eigenvalue weighted by Crippen LogP contribution is 2.09. The first-order valence-corrected chi connectivity index (χ1v) is 6.08. The van der Waals surface area contributed by atoms with E-state index < -0.39 is 54.7 Å². The molecule has 1 aliphatic rings. The smallest absolute Gasteiger partial charge is 0.520 e.